The van der Waals surface area contributed by atoms with E-state index < -0.39 is 0 Å². The third kappa shape index (κ3) is 1.11. The predicted molar refractivity (Wildman–Crippen MR) is 62.9 cm³/mol. The molecule has 0 radical (unpaired) electrons. The molecule has 15 heavy (non-hydrogen) atoms. The molecule has 0 spiro atoms. The van der Waals surface area contributed by atoms with Gasteiger partial charge in [-0.05, 0) is 30.7 Å². The van der Waals surface area contributed by atoms with Gasteiger partial charge in [0.2, 0.25) is 0 Å². The Kier molecular flexibility index (Phi) is 1.54. The lowest BCUT2D eigenvalue weighted by atomic mass is 10.1. The van der Waals surface area contributed by atoms with Crippen LogP contribution in [0.3, 0.4) is 0 Å². The minimum Gasteiger partial charge on any atom is -0.456 e. The van der Waals surface area contributed by atoms with Crippen molar-refractivity contribution in [3.8, 4) is 0 Å². The van der Waals surface area contributed by atoms with Crippen LogP contribution in [0.2, 0.25) is 0 Å². The van der Waals surface area contributed by atoms with Gasteiger partial charge in [0.1, 0.15) is 11.2 Å². The number of hydrogen-bond acceptors (Lipinski definition) is 2. The number of anilines is 1. The van der Waals surface area contributed by atoms with Gasteiger partial charge in [-0.15, -0.1) is 0 Å². The summed E-state index contributed by atoms with van der Waals surface area (Å²) in [6.07, 6.45) is 0. The van der Waals surface area contributed by atoms with E-state index in [4.69, 9.17) is 10.2 Å². The Morgan fingerprint density at radius 3 is 2.80 bits per heavy atom. The minimum atomic E-state index is 0.735. The minimum absolute atomic E-state index is 0.735. The van der Waals surface area contributed by atoms with Crippen LogP contribution < -0.4 is 5.73 Å². The molecule has 3 rings (SSSR count). The second kappa shape index (κ2) is 2.76. The summed E-state index contributed by atoms with van der Waals surface area (Å²) in [6, 6.07) is 11.9. The molecule has 1 heterocycles. The summed E-state index contributed by atoms with van der Waals surface area (Å²) in [4.78, 5) is 0. The van der Waals surface area contributed by atoms with Gasteiger partial charge in [-0.25, -0.2) is 0 Å². The van der Waals surface area contributed by atoms with Crippen LogP contribution in [0, 0.1) is 6.92 Å². The number of rotatable bonds is 0. The highest BCUT2D eigenvalue weighted by atomic mass is 16.3. The highest BCUT2D eigenvalue weighted by molar-refractivity contribution is 6.07. The maximum Gasteiger partial charge on any atom is 0.137 e. The summed E-state index contributed by atoms with van der Waals surface area (Å²) < 4.78 is 5.73. The first-order valence-electron chi connectivity index (χ1n) is 4.93. The molecule has 0 aliphatic rings. The molecule has 0 aliphatic carbocycles. The van der Waals surface area contributed by atoms with Gasteiger partial charge < -0.3 is 10.2 Å². The molecule has 2 heteroatoms. The van der Waals surface area contributed by atoms with E-state index in [1.165, 1.54) is 10.9 Å². The molecular formula is C13H11NO. The summed E-state index contributed by atoms with van der Waals surface area (Å²) in [5.41, 5.74) is 9.48. The van der Waals surface area contributed by atoms with E-state index in [2.05, 4.69) is 13.0 Å². The largest absolute Gasteiger partial charge is 0.456 e. The van der Waals surface area contributed by atoms with Crippen molar-refractivity contribution in [2.45, 2.75) is 6.92 Å². The molecule has 0 saturated carbocycles. The molecule has 0 amide bonds. The van der Waals surface area contributed by atoms with E-state index >= 15 is 0 Å². The summed E-state index contributed by atoms with van der Waals surface area (Å²) in [7, 11) is 0. The predicted octanol–water partition coefficient (Wildman–Crippen LogP) is 3.48. The summed E-state index contributed by atoms with van der Waals surface area (Å²) in [5, 5.41) is 2.32. The fourth-order valence-corrected chi connectivity index (χ4v) is 2.02. The zero-order chi connectivity index (χ0) is 10.4. The van der Waals surface area contributed by atoms with Gasteiger partial charge in [-0.1, -0.05) is 12.1 Å². The Balaban J connectivity index is 2.59. The normalized spacial score (nSPS) is 11.3. The smallest absolute Gasteiger partial charge is 0.137 e. The SMILES string of the molecule is Cc1cccc2oc3cc(N)ccc3c12. The van der Waals surface area contributed by atoms with Gasteiger partial charge in [-0.3, -0.25) is 0 Å². The third-order valence-electron chi connectivity index (χ3n) is 2.73. The Morgan fingerprint density at radius 1 is 1.07 bits per heavy atom. The average Bonchev–Trinajstić information content (AvgIpc) is 2.56. The van der Waals surface area contributed by atoms with Crippen LogP contribution in [0.25, 0.3) is 21.9 Å². The first-order chi connectivity index (χ1) is 7.25. The number of hydrogen-bond donors (Lipinski definition) is 1. The van der Waals surface area contributed by atoms with Crippen LogP contribution >= 0.6 is 0 Å². The Morgan fingerprint density at radius 2 is 1.93 bits per heavy atom. The molecular weight excluding hydrogens is 186 g/mol. The number of nitrogens with two attached hydrogens (primary N) is 1. The molecule has 2 nitrogen and oxygen atoms in total. The van der Waals surface area contributed by atoms with E-state index in [0.29, 0.717) is 0 Å². The van der Waals surface area contributed by atoms with Gasteiger partial charge >= 0.3 is 0 Å². The first-order valence-corrected chi connectivity index (χ1v) is 4.93. The van der Waals surface area contributed by atoms with Crippen molar-refractivity contribution in [1.29, 1.82) is 0 Å². The fourth-order valence-electron chi connectivity index (χ4n) is 2.02. The van der Waals surface area contributed by atoms with Crippen LogP contribution in [0.15, 0.2) is 40.8 Å². The van der Waals surface area contributed by atoms with Gasteiger partial charge in [0.15, 0.2) is 0 Å². The van der Waals surface area contributed by atoms with Crippen molar-refractivity contribution in [3.63, 3.8) is 0 Å². The Hall–Kier alpha value is -1.96. The lowest BCUT2D eigenvalue weighted by Crippen LogP contribution is -1.81. The average molecular weight is 197 g/mol. The van der Waals surface area contributed by atoms with Crippen LogP contribution in [0.1, 0.15) is 5.56 Å². The Labute approximate surface area is 87.3 Å². The number of furan rings is 1. The van der Waals surface area contributed by atoms with Gasteiger partial charge in [0.25, 0.3) is 0 Å². The lowest BCUT2D eigenvalue weighted by molar-refractivity contribution is 0.669. The van der Waals surface area contributed by atoms with Crippen LogP contribution in [0.4, 0.5) is 5.69 Å². The molecule has 0 atom stereocenters. The molecule has 2 aromatic carbocycles. The van der Waals surface area contributed by atoms with E-state index in [0.717, 1.165) is 22.2 Å². The van der Waals surface area contributed by atoms with E-state index in [9.17, 15) is 0 Å². The Bertz CT molecular complexity index is 652. The molecule has 0 saturated heterocycles. The van der Waals surface area contributed by atoms with Crippen LogP contribution in [-0.4, -0.2) is 0 Å². The van der Waals surface area contributed by atoms with Crippen molar-refractivity contribution in [1.82, 2.24) is 0 Å². The standard InChI is InChI=1S/C13H11NO/c1-8-3-2-4-11-13(8)10-6-5-9(14)7-12(10)15-11/h2-7H,14H2,1H3. The van der Waals surface area contributed by atoms with Gasteiger partial charge in [-0.2, -0.15) is 0 Å². The van der Waals surface area contributed by atoms with Crippen molar-refractivity contribution in [2.24, 2.45) is 0 Å². The second-order valence-corrected chi connectivity index (χ2v) is 3.81. The molecule has 3 aromatic rings. The van der Waals surface area contributed by atoms with Crippen molar-refractivity contribution >= 4 is 27.6 Å². The van der Waals surface area contributed by atoms with Crippen LogP contribution in [0.5, 0.6) is 0 Å². The number of nitrogen functional groups attached to an aromatic ring is 1. The summed E-state index contributed by atoms with van der Waals surface area (Å²) >= 11 is 0. The summed E-state index contributed by atoms with van der Waals surface area (Å²) in [6.45, 7) is 2.09. The molecule has 1 aromatic heterocycles. The molecule has 2 N–H and O–H groups in total. The van der Waals surface area contributed by atoms with Crippen molar-refractivity contribution < 1.29 is 4.42 Å². The second-order valence-electron chi connectivity index (χ2n) is 3.81. The highest BCUT2D eigenvalue weighted by Crippen LogP contribution is 2.31. The van der Waals surface area contributed by atoms with Crippen molar-refractivity contribution in [2.75, 3.05) is 5.73 Å². The van der Waals surface area contributed by atoms with E-state index in [1.54, 1.807) is 0 Å². The number of fused-ring (bicyclic) bond motifs is 3. The molecule has 0 bridgehead atoms. The summed E-state index contributed by atoms with van der Waals surface area (Å²) in [5.74, 6) is 0. The zero-order valence-electron chi connectivity index (χ0n) is 8.45. The quantitative estimate of drug-likeness (QED) is 0.560. The highest BCUT2D eigenvalue weighted by Gasteiger charge is 2.08. The fraction of sp³-hybridized carbons (Fsp3) is 0.0769. The molecule has 0 aliphatic heterocycles. The topological polar surface area (TPSA) is 39.2 Å². The maximum absolute atomic E-state index is 5.73. The maximum atomic E-state index is 5.73. The van der Waals surface area contributed by atoms with Gasteiger partial charge in [0.05, 0.1) is 0 Å². The molecule has 74 valence electrons. The van der Waals surface area contributed by atoms with Crippen LogP contribution in [-0.2, 0) is 0 Å². The lowest BCUT2D eigenvalue weighted by Gasteiger charge is -1.94. The van der Waals surface area contributed by atoms with E-state index in [-0.39, 0.29) is 0 Å². The monoisotopic (exact) mass is 197 g/mol. The molecule has 0 unspecified atom stereocenters. The van der Waals surface area contributed by atoms with Crippen molar-refractivity contribution in [3.05, 3.63) is 42.0 Å². The van der Waals surface area contributed by atoms with Gasteiger partial charge in [0, 0.05) is 22.5 Å². The molecule has 0 fully saturated rings. The first kappa shape index (κ1) is 8.36. The third-order valence-corrected chi connectivity index (χ3v) is 2.73. The van der Waals surface area contributed by atoms with E-state index in [1.807, 2.05) is 30.3 Å². The zero-order valence-corrected chi connectivity index (χ0v) is 8.45. The number of aryl methyl sites for hydroxylation is 1. The number of benzene rings is 2.